The van der Waals surface area contributed by atoms with Gasteiger partial charge in [-0.05, 0) is 43.0 Å². The van der Waals surface area contributed by atoms with E-state index < -0.39 is 11.6 Å². The van der Waals surface area contributed by atoms with Crippen LogP contribution in [-0.2, 0) is 13.0 Å². The summed E-state index contributed by atoms with van der Waals surface area (Å²) in [6, 6.07) is 5.35. The van der Waals surface area contributed by atoms with Gasteiger partial charge in [-0.15, -0.1) is 24.0 Å². The molecule has 0 fully saturated rings. The third kappa shape index (κ3) is 6.89. The van der Waals surface area contributed by atoms with Gasteiger partial charge in [0.25, 0.3) is 0 Å². The number of nitrogens with zero attached hydrogens (tertiary/aromatic N) is 2. The zero-order chi connectivity index (χ0) is 18.2. The van der Waals surface area contributed by atoms with Gasteiger partial charge in [0, 0.05) is 19.2 Å². The van der Waals surface area contributed by atoms with Gasteiger partial charge in [0.2, 0.25) is 0 Å². The van der Waals surface area contributed by atoms with Gasteiger partial charge in [-0.1, -0.05) is 19.0 Å². The predicted octanol–water partition coefficient (Wildman–Crippen LogP) is 3.99. The van der Waals surface area contributed by atoms with Crippen molar-refractivity contribution < 1.29 is 13.3 Å². The predicted molar refractivity (Wildman–Crippen MR) is 109 cm³/mol. The second-order valence-corrected chi connectivity index (χ2v) is 5.98. The average molecular weight is 478 g/mol. The van der Waals surface area contributed by atoms with Gasteiger partial charge in [0.1, 0.15) is 18.2 Å². The van der Waals surface area contributed by atoms with Gasteiger partial charge >= 0.3 is 0 Å². The Morgan fingerprint density at radius 1 is 1.23 bits per heavy atom. The smallest absolute Gasteiger partial charge is 0.191 e. The molecule has 0 unspecified atom stereocenters. The molecule has 1 heterocycles. The zero-order valence-electron chi connectivity index (χ0n) is 15.2. The van der Waals surface area contributed by atoms with E-state index in [4.69, 9.17) is 4.52 Å². The van der Waals surface area contributed by atoms with Crippen LogP contribution >= 0.6 is 24.0 Å². The summed E-state index contributed by atoms with van der Waals surface area (Å²) < 4.78 is 32.1. The minimum atomic E-state index is -0.441. The number of guanidine groups is 1. The maximum atomic E-state index is 13.6. The summed E-state index contributed by atoms with van der Waals surface area (Å²) in [6.07, 6.45) is 0.355. The first kappa shape index (κ1) is 22.3. The largest absolute Gasteiger partial charge is 0.359 e. The molecule has 2 rings (SSSR count). The first-order valence-electron chi connectivity index (χ1n) is 8.41. The first-order valence-corrected chi connectivity index (χ1v) is 8.41. The number of rotatable bonds is 7. The van der Waals surface area contributed by atoms with Crippen LogP contribution in [-0.4, -0.2) is 24.2 Å². The Hall–Kier alpha value is -1.71. The molecule has 0 radical (unpaired) electrons. The molecule has 144 valence electrons. The van der Waals surface area contributed by atoms with Crippen LogP contribution in [0.25, 0.3) is 0 Å². The van der Waals surface area contributed by atoms with E-state index in [0.29, 0.717) is 49.3 Å². The normalized spacial score (nSPS) is 11.4. The molecule has 0 aliphatic rings. The number of hydrogen-bond acceptors (Lipinski definition) is 3. The van der Waals surface area contributed by atoms with Crippen LogP contribution in [0.4, 0.5) is 8.78 Å². The van der Waals surface area contributed by atoms with E-state index in [-0.39, 0.29) is 24.0 Å². The Morgan fingerprint density at radius 3 is 2.65 bits per heavy atom. The second-order valence-electron chi connectivity index (χ2n) is 5.98. The van der Waals surface area contributed by atoms with Crippen molar-refractivity contribution in [3.8, 4) is 0 Å². The molecule has 0 amide bonds. The highest BCUT2D eigenvalue weighted by Crippen LogP contribution is 2.14. The van der Waals surface area contributed by atoms with Crippen LogP contribution < -0.4 is 10.6 Å². The number of aliphatic imine (C=N–C) groups is 1. The molecule has 0 bridgehead atoms. The van der Waals surface area contributed by atoms with Crippen molar-refractivity contribution in [1.29, 1.82) is 0 Å². The van der Waals surface area contributed by atoms with E-state index in [1.807, 2.05) is 26.8 Å². The SMILES string of the molecule is CCNC(=NCc1cc(C(C)C)no1)NCCc1cc(F)ccc1F.I. The topological polar surface area (TPSA) is 62.5 Å². The van der Waals surface area contributed by atoms with Crippen LogP contribution in [0.1, 0.15) is 43.7 Å². The Kier molecular flexibility index (Phi) is 9.53. The minimum absolute atomic E-state index is 0. The summed E-state index contributed by atoms with van der Waals surface area (Å²) >= 11 is 0. The molecule has 26 heavy (non-hydrogen) atoms. The van der Waals surface area contributed by atoms with Gasteiger partial charge < -0.3 is 15.2 Å². The van der Waals surface area contributed by atoms with E-state index in [2.05, 4.69) is 20.8 Å². The number of halogens is 3. The summed E-state index contributed by atoms with van der Waals surface area (Å²) in [6.45, 7) is 7.51. The Balaban J connectivity index is 0.00000338. The lowest BCUT2D eigenvalue weighted by molar-refractivity contribution is 0.376. The van der Waals surface area contributed by atoms with Gasteiger partial charge in [-0.25, -0.2) is 13.8 Å². The molecule has 8 heteroatoms. The molecule has 0 saturated heterocycles. The highest BCUT2D eigenvalue weighted by molar-refractivity contribution is 14.0. The van der Waals surface area contributed by atoms with Gasteiger partial charge in [-0.2, -0.15) is 0 Å². The van der Waals surface area contributed by atoms with Crippen LogP contribution in [0.5, 0.6) is 0 Å². The van der Waals surface area contributed by atoms with Crippen molar-refractivity contribution in [3.05, 3.63) is 52.9 Å². The van der Waals surface area contributed by atoms with Crippen LogP contribution in [0.15, 0.2) is 33.8 Å². The highest BCUT2D eigenvalue weighted by atomic mass is 127. The van der Waals surface area contributed by atoms with E-state index in [1.54, 1.807) is 0 Å². The van der Waals surface area contributed by atoms with Crippen molar-refractivity contribution in [2.24, 2.45) is 4.99 Å². The van der Waals surface area contributed by atoms with Crippen molar-refractivity contribution in [2.45, 2.75) is 39.7 Å². The highest BCUT2D eigenvalue weighted by Gasteiger charge is 2.08. The summed E-state index contributed by atoms with van der Waals surface area (Å²) in [5.41, 5.74) is 1.23. The fraction of sp³-hybridized carbons (Fsp3) is 0.444. The molecule has 0 aliphatic heterocycles. The third-order valence-corrected chi connectivity index (χ3v) is 3.60. The van der Waals surface area contributed by atoms with Gasteiger partial charge in [0.15, 0.2) is 11.7 Å². The van der Waals surface area contributed by atoms with E-state index in [9.17, 15) is 8.78 Å². The molecule has 2 aromatic rings. The lowest BCUT2D eigenvalue weighted by Gasteiger charge is -2.11. The molecule has 1 aromatic heterocycles. The quantitative estimate of drug-likeness (QED) is 0.359. The number of nitrogens with one attached hydrogen (secondary N) is 2. The summed E-state index contributed by atoms with van der Waals surface area (Å²) in [5.74, 6) is 0.712. The molecule has 0 atom stereocenters. The van der Waals surface area contributed by atoms with Crippen molar-refractivity contribution in [3.63, 3.8) is 0 Å². The molecular formula is C18H25F2IN4O. The third-order valence-electron chi connectivity index (χ3n) is 3.60. The maximum absolute atomic E-state index is 13.6. The van der Waals surface area contributed by atoms with Crippen LogP contribution in [0.2, 0.25) is 0 Å². The summed E-state index contributed by atoms with van der Waals surface area (Å²) in [7, 11) is 0. The van der Waals surface area contributed by atoms with Gasteiger partial charge in [-0.3, -0.25) is 0 Å². The van der Waals surface area contributed by atoms with Crippen molar-refractivity contribution in [2.75, 3.05) is 13.1 Å². The Bertz CT molecular complexity index is 719. The fourth-order valence-corrected chi connectivity index (χ4v) is 2.22. The van der Waals surface area contributed by atoms with E-state index in [0.717, 1.165) is 17.8 Å². The first-order chi connectivity index (χ1) is 12.0. The van der Waals surface area contributed by atoms with E-state index in [1.165, 1.54) is 6.07 Å². The van der Waals surface area contributed by atoms with Crippen LogP contribution in [0.3, 0.4) is 0 Å². The molecule has 2 N–H and O–H groups in total. The fourth-order valence-electron chi connectivity index (χ4n) is 2.22. The lowest BCUT2D eigenvalue weighted by Crippen LogP contribution is -2.38. The molecular weight excluding hydrogens is 453 g/mol. The maximum Gasteiger partial charge on any atom is 0.191 e. The zero-order valence-corrected chi connectivity index (χ0v) is 17.5. The number of benzene rings is 1. The average Bonchev–Trinajstić information content (AvgIpc) is 3.05. The summed E-state index contributed by atoms with van der Waals surface area (Å²) in [5, 5.41) is 10.2. The molecule has 1 aromatic carbocycles. The molecule has 0 saturated carbocycles. The standard InChI is InChI=1S/C18H24F2N4O.HI/c1-4-21-18(23-11-15-10-17(12(2)3)24-25-15)22-8-7-13-9-14(19)5-6-16(13)20;/h5-6,9-10,12H,4,7-8,11H2,1-3H3,(H2,21,22,23);1H. The van der Waals surface area contributed by atoms with Crippen molar-refractivity contribution in [1.82, 2.24) is 15.8 Å². The van der Waals surface area contributed by atoms with E-state index >= 15 is 0 Å². The second kappa shape index (κ2) is 11.1. The summed E-state index contributed by atoms with van der Waals surface area (Å²) in [4.78, 5) is 4.42. The number of hydrogen-bond donors (Lipinski definition) is 2. The lowest BCUT2D eigenvalue weighted by atomic mass is 10.1. The van der Waals surface area contributed by atoms with Crippen LogP contribution in [0, 0.1) is 11.6 Å². The molecule has 0 aliphatic carbocycles. The number of aromatic nitrogens is 1. The van der Waals surface area contributed by atoms with Gasteiger partial charge in [0.05, 0.1) is 5.69 Å². The minimum Gasteiger partial charge on any atom is -0.359 e. The monoisotopic (exact) mass is 478 g/mol. The Labute approximate surface area is 169 Å². The van der Waals surface area contributed by atoms with Crippen molar-refractivity contribution >= 4 is 29.9 Å². The molecule has 5 nitrogen and oxygen atoms in total. The molecule has 0 spiro atoms. The Morgan fingerprint density at radius 2 is 2.00 bits per heavy atom.